The molecule has 0 aliphatic heterocycles. The van der Waals surface area contributed by atoms with Crippen LogP contribution in [0.1, 0.15) is 24.0 Å². The number of aromatic hydroxyl groups is 2. The summed E-state index contributed by atoms with van der Waals surface area (Å²) in [6, 6.07) is 3.07. The van der Waals surface area contributed by atoms with Crippen LogP contribution in [0.3, 0.4) is 0 Å². The first-order valence-electron chi connectivity index (χ1n) is 4.29. The minimum absolute atomic E-state index is 0.0139. The molecule has 3 heteroatoms. The molecule has 0 bridgehead atoms. The monoisotopic (exact) mass is 180 g/mol. The van der Waals surface area contributed by atoms with Crippen molar-refractivity contribution >= 4 is 0 Å². The first kappa shape index (κ1) is 8.38. The zero-order valence-electron chi connectivity index (χ0n) is 7.41. The van der Waals surface area contributed by atoms with Gasteiger partial charge in [-0.1, -0.05) is 0 Å². The van der Waals surface area contributed by atoms with Crippen molar-refractivity contribution in [2.45, 2.75) is 25.4 Å². The fourth-order valence-electron chi connectivity index (χ4n) is 1.45. The maximum atomic E-state index is 9.75. The van der Waals surface area contributed by atoms with E-state index in [1.807, 2.05) is 0 Å². The van der Waals surface area contributed by atoms with Crippen molar-refractivity contribution in [3.63, 3.8) is 0 Å². The summed E-state index contributed by atoms with van der Waals surface area (Å²) in [5.74, 6) is 0.0745. The van der Waals surface area contributed by atoms with E-state index in [2.05, 4.69) is 0 Å². The van der Waals surface area contributed by atoms with Crippen molar-refractivity contribution in [3.05, 3.63) is 23.3 Å². The summed E-state index contributed by atoms with van der Waals surface area (Å²) in [5.41, 5.74) is 0.114. The van der Waals surface area contributed by atoms with Gasteiger partial charge in [0.05, 0.1) is 5.60 Å². The average Bonchev–Trinajstić information content (AvgIpc) is 2.80. The third-order valence-electron chi connectivity index (χ3n) is 2.63. The largest absolute Gasteiger partial charge is 0.508 e. The third kappa shape index (κ3) is 1.16. The molecule has 13 heavy (non-hydrogen) atoms. The Morgan fingerprint density at radius 1 is 1.23 bits per heavy atom. The van der Waals surface area contributed by atoms with Crippen LogP contribution in [0.4, 0.5) is 0 Å². The van der Waals surface area contributed by atoms with Crippen LogP contribution in [-0.4, -0.2) is 15.3 Å². The van der Waals surface area contributed by atoms with E-state index in [1.54, 1.807) is 13.0 Å². The molecule has 1 saturated carbocycles. The molecule has 0 amide bonds. The number of aliphatic hydroxyl groups is 1. The second-order valence-electron chi connectivity index (χ2n) is 3.64. The first-order chi connectivity index (χ1) is 6.04. The van der Waals surface area contributed by atoms with E-state index < -0.39 is 5.60 Å². The molecule has 0 spiro atoms. The number of hydrogen-bond acceptors (Lipinski definition) is 3. The summed E-state index contributed by atoms with van der Waals surface area (Å²) in [4.78, 5) is 0. The normalized spacial score (nSPS) is 18.6. The highest BCUT2D eigenvalue weighted by molar-refractivity contribution is 5.51. The Kier molecular flexibility index (Phi) is 1.54. The number of phenols is 2. The van der Waals surface area contributed by atoms with Crippen molar-refractivity contribution < 1.29 is 15.3 Å². The summed E-state index contributed by atoms with van der Waals surface area (Å²) in [7, 11) is 0. The molecule has 0 atom stereocenters. The third-order valence-corrected chi connectivity index (χ3v) is 2.63. The fraction of sp³-hybridized carbons (Fsp3) is 0.400. The van der Waals surface area contributed by atoms with Crippen molar-refractivity contribution in [2.24, 2.45) is 0 Å². The van der Waals surface area contributed by atoms with Gasteiger partial charge in [-0.3, -0.25) is 0 Å². The van der Waals surface area contributed by atoms with E-state index in [1.165, 1.54) is 6.07 Å². The summed E-state index contributed by atoms with van der Waals surface area (Å²) in [6.07, 6.45) is 1.37. The maximum Gasteiger partial charge on any atom is 0.128 e. The van der Waals surface area contributed by atoms with Crippen LogP contribution in [0, 0.1) is 6.92 Å². The predicted octanol–water partition coefficient (Wildman–Crippen LogP) is 1.39. The standard InChI is InChI=1S/C10H12O3/c1-6-8(11)3-2-7(9(6)12)10(13)4-5-10/h2-3,11-13H,4-5H2,1H3. The molecule has 2 rings (SSSR count). The molecule has 1 aromatic carbocycles. The van der Waals surface area contributed by atoms with Crippen molar-refractivity contribution in [2.75, 3.05) is 0 Å². The molecule has 0 unspecified atom stereocenters. The quantitative estimate of drug-likeness (QED) is 0.612. The summed E-state index contributed by atoms with van der Waals surface area (Å²) in [5, 5.41) is 28.7. The molecule has 3 nitrogen and oxygen atoms in total. The molecular weight excluding hydrogens is 168 g/mol. The van der Waals surface area contributed by atoms with Crippen LogP contribution < -0.4 is 0 Å². The van der Waals surface area contributed by atoms with Gasteiger partial charge in [-0.05, 0) is 31.9 Å². The van der Waals surface area contributed by atoms with E-state index >= 15 is 0 Å². The second-order valence-corrected chi connectivity index (χ2v) is 3.64. The smallest absolute Gasteiger partial charge is 0.128 e. The van der Waals surface area contributed by atoms with Gasteiger partial charge in [0.15, 0.2) is 0 Å². The van der Waals surface area contributed by atoms with Crippen LogP contribution in [0.15, 0.2) is 12.1 Å². The fourth-order valence-corrected chi connectivity index (χ4v) is 1.45. The highest BCUT2D eigenvalue weighted by atomic mass is 16.3. The Morgan fingerprint density at radius 2 is 1.85 bits per heavy atom. The number of rotatable bonds is 1. The summed E-state index contributed by atoms with van der Waals surface area (Å²) in [6.45, 7) is 1.62. The predicted molar refractivity (Wildman–Crippen MR) is 47.6 cm³/mol. The Labute approximate surface area is 76.3 Å². The van der Waals surface area contributed by atoms with E-state index in [9.17, 15) is 15.3 Å². The Hall–Kier alpha value is -1.22. The molecule has 0 saturated heterocycles. The lowest BCUT2D eigenvalue weighted by molar-refractivity contribution is 0.147. The van der Waals surface area contributed by atoms with Crippen molar-refractivity contribution in [1.29, 1.82) is 0 Å². The van der Waals surface area contributed by atoms with Gasteiger partial charge >= 0.3 is 0 Å². The van der Waals surface area contributed by atoms with E-state index in [-0.39, 0.29) is 11.5 Å². The van der Waals surface area contributed by atoms with Crippen LogP contribution >= 0.6 is 0 Å². The van der Waals surface area contributed by atoms with Gasteiger partial charge in [0, 0.05) is 11.1 Å². The van der Waals surface area contributed by atoms with Crippen molar-refractivity contribution in [3.8, 4) is 11.5 Å². The Bertz CT molecular complexity index is 353. The summed E-state index contributed by atoms with van der Waals surface area (Å²) >= 11 is 0. The zero-order valence-corrected chi connectivity index (χ0v) is 7.41. The van der Waals surface area contributed by atoms with Gasteiger partial charge in [-0.25, -0.2) is 0 Å². The number of benzene rings is 1. The van der Waals surface area contributed by atoms with Gasteiger partial charge < -0.3 is 15.3 Å². The average molecular weight is 180 g/mol. The van der Waals surface area contributed by atoms with E-state index in [0.29, 0.717) is 24.0 Å². The molecule has 0 aromatic heterocycles. The molecule has 3 N–H and O–H groups in total. The molecule has 1 fully saturated rings. The topological polar surface area (TPSA) is 60.7 Å². The van der Waals surface area contributed by atoms with Crippen molar-refractivity contribution in [1.82, 2.24) is 0 Å². The number of hydrogen-bond donors (Lipinski definition) is 3. The minimum Gasteiger partial charge on any atom is -0.508 e. The Morgan fingerprint density at radius 3 is 2.38 bits per heavy atom. The second kappa shape index (κ2) is 2.39. The molecule has 1 aliphatic carbocycles. The summed E-state index contributed by atoms with van der Waals surface area (Å²) < 4.78 is 0. The van der Waals surface area contributed by atoms with Crippen LogP contribution in [0.25, 0.3) is 0 Å². The highest BCUT2D eigenvalue weighted by Crippen LogP contribution is 2.50. The number of phenolic OH excluding ortho intramolecular Hbond substituents is 2. The van der Waals surface area contributed by atoms with Gasteiger partial charge in [-0.15, -0.1) is 0 Å². The van der Waals surface area contributed by atoms with Gasteiger partial charge in [0.2, 0.25) is 0 Å². The SMILES string of the molecule is Cc1c(O)ccc(C2(O)CC2)c1O. The minimum atomic E-state index is -0.845. The van der Waals surface area contributed by atoms with Gasteiger partial charge in [0.25, 0.3) is 0 Å². The van der Waals surface area contributed by atoms with Crippen LogP contribution in [-0.2, 0) is 5.60 Å². The van der Waals surface area contributed by atoms with Crippen LogP contribution in [0.5, 0.6) is 11.5 Å². The molecule has 0 radical (unpaired) electrons. The van der Waals surface area contributed by atoms with Gasteiger partial charge in [0.1, 0.15) is 11.5 Å². The maximum absolute atomic E-state index is 9.75. The highest BCUT2D eigenvalue weighted by Gasteiger charge is 2.44. The molecule has 1 aromatic rings. The van der Waals surface area contributed by atoms with E-state index in [4.69, 9.17) is 0 Å². The molecule has 0 heterocycles. The van der Waals surface area contributed by atoms with E-state index in [0.717, 1.165) is 0 Å². The molecular formula is C10H12O3. The molecule has 1 aliphatic rings. The molecule has 70 valence electrons. The lowest BCUT2D eigenvalue weighted by Gasteiger charge is -2.12. The van der Waals surface area contributed by atoms with Crippen LogP contribution in [0.2, 0.25) is 0 Å². The first-order valence-corrected chi connectivity index (χ1v) is 4.29. The lowest BCUT2D eigenvalue weighted by Crippen LogP contribution is -2.04. The van der Waals surface area contributed by atoms with Gasteiger partial charge in [-0.2, -0.15) is 0 Å². The lowest BCUT2D eigenvalue weighted by atomic mass is 10.0. The zero-order chi connectivity index (χ0) is 9.64. The Balaban J connectivity index is 2.54.